The summed E-state index contributed by atoms with van der Waals surface area (Å²) in [6.45, 7) is 4.63. The van der Waals surface area contributed by atoms with E-state index in [2.05, 4.69) is 17.1 Å². The van der Waals surface area contributed by atoms with Crippen LogP contribution in [0.5, 0.6) is 0 Å². The summed E-state index contributed by atoms with van der Waals surface area (Å²) in [5, 5.41) is 4.53. The summed E-state index contributed by atoms with van der Waals surface area (Å²) in [7, 11) is 0. The van der Waals surface area contributed by atoms with Crippen molar-refractivity contribution >= 4 is 17.3 Å². The Morgan fingerprint density at radius 3 is 2.60 bits per heavy atom. The maximum atomic E-state index is 5.48. The van der Waals surface area contributed by atoms with Crippen LogP contribution < -0.4 is 5.32 Å². The summed E-state index contributed by atoms with van der Waals surface area (Å²) < 4.78 is 0. The number of nitrogens with one attached hydrogen (secondary N) is 1. The topological polar surface area (TPSA) is 15.3 Å². The van der Waals surface area contributed by atoms with Crippen LogP contribution >= 0.6 is 12.2 Å². The first kappa shape index (κ1) is 11.2. The van der Waals surface area contributed by atoms with E-state index >= 15 is 0 Å². The highest BCUT2D eigenvalue weighted by Crippen LogP contribution is 2.19. The normalized spacial score (nSPS) is 28.1. The van der Waals surface area contributed by atoms with E-state index in [9.17, 15) is 0 Å². The van der Waals surface area contributed by atoms with Crippen LogP contribution in [-0.2, 0) is 0 Å². The minimum absolute atomic E-state index is 0.662. The Hall–Kier alpha value is -0.310. The quantitative estimate of drug-likeness (QED) is 0.692. The second-order valence-corrected chi connectivity index (χ2v) is 5.51. The molecule has 1 saturated carbocycles. The molecule has 3 heteroatoms. The summed E-state index contributed by atoms with van der Waals surface area (Å²) in [5.41, 5.74) is 0. The molecule has 0 aromatic rings. The van der Waals surface area contributed by atoms with Crippen molar-refractivity contribution in [2.24, 2.45) is 5.92 Å². The maximum absolute atomic E-state index is 5.48. The Morgan fingerprint density at radius 1 is 1.20 bits per heavy atom. The molecule has 1 N–H and O–H groups in total. The van der Waals surface area contributed by atoms with Crippen molar-refractivity contribution in [3.8, 4) is 0 Å². The zero-order chi connectivity index (χ0) is 10.7. The largest absolute Gasteiger partial charge is 0.360 e. The van der Waals surface area contributed by atoms with Gasteiger partial charge in [-0.1, -0.05) is 19.8 Å². The fraction of sp³-hybridized carbons (Fsp3) is 0.917. The minimum Gasteiger partial charge on any atom is -0.360 e. The van der Waals surface area contributed by atoms with Crippen LogP contribution in [0.2, 0.25) is 0 Å². The minimum atomic E-state index is 0.662. The second kappa shape index (κ2) is 5.15. The molecule has 15 heavy (non-hydrogen) atoms. The van der Waals surface area contributed by atoms with Gasteiger partial charge >= 0.3 is 0 Å². The monoisotopic (exact) mass is 226 g/mol. The van der Waals surface area contributed by atoms with Crippen molar-refractivity contribution in [3.05, 3.63) is 0 Å². The van der Waals surface area contributed by atoms with Gasteiger partial charge < -0.3 is 10.2 Å². The number of hydrogen-bond donors (Lipinski definition) is 1. The zero-order valence-electron chi connectivity index (χ0n) is 9.67. The van der Waals surface area contributed by atoms with Gasteiger partial charge in [-0.2, -0.15) is 0 Å². The summed E-state index contributed by atoms with van der Waals surface area (Å²) in [6, 6.07) is 0.662. The third kappa shape index (κ3) is 3.07. The van der Waals surface area contributed by atoms with E-state index in [1.165, 1.54) is 38.5 Å². The van der Waals surface area contributed by atoms with Crippen LogP contribution in [0.1, 0.15) is 45.4 Å². The number of likely N-dealkylation sites (tertiary alicyclic amines) is 1. The van der Waals surface area contributed by atoms with Crippen molar-refractivity contribution in [3.63, 3.8) is 0 Å². The second-order valence-electron chi connectivity index (χ2n) is 5.12. The lowest BCUT2D eigenvalue weighted by atomic mass is 10.0. The fourth-order valence-corrected chi connectivity index (χ4v) is 3.04. The first-order valence-electron chi connectivity index (χ1n) is 6.31. The van der Waals surface area contributed by atoms with Crippen LogP contribution in [0.25, 0.3) is 0 Å². The van der Waals surface area contributed by atoms with Crippen LogP contribution in [-0.4, -0.2) is 29.1 Å². The van der Waals surface area contributed by atoms with Gasteiger partial charge in [-0.05, 0) is 43.8 Å². The van der Waals surface area contributed by atoms with E-state index in [-0.39, 0.29) is 0 Å². The number of nitrogens with zero attached hydrogens (tertiary/aromatic N) is 1. The van der Waals surface area contributed by atoms with E-state index in [1.807, 2.05) is 0 Å². The third-order valence-corrected chi connectivity index (χ3v) is 4.00. The molecule has 0 radical (unpaired) electrons. The lowest BCUT2D eigenvalue weighted by molar-refractivity contribution is 0.268. The van der Waals surface area contributed by atoms with Gasteiger partial charge in [0.15, 0.2) is 5.11 Å². The number of thiocarbonyl (C=S) groups is 1. The molecule has 86 valence electrons. The molecule has 1 atom stereocenters. The molecule has 0 aromatic heterocycles. The highest BCUT2D eigenvalue weighted by Gasteiger charge is 2.21. The summed E-state index contributed by atoms with van der Waals surface area (Å²) in [5.74, 6) is 0.807. The molecule has 2 nitrogen and oxygen atoms in total. The number of rotatable bonds is 1. The van der Waals surface area contributed by atoms with Gasteiger partial charge in [-0.3, -0.25) is 0 Å². The molecule has 0 amide bonds. The Morgan fingerprint density at radius 2 is 1.93 bits per heavy atom. The number of piperidine rings is 1. The van der Waals surface area contributed by atoms with E-state index < -0.39 is 0 Å². The maximum Gasteiger partial charge on any atom is 0.169 e. The van der Waals surface area contributed by atoms with Gasteiger partial charge in [0, 0.05) is 19.1 Å². The third-order valence-electron chi connectivity index (χ3n) is 3.63. The van der Waals surface area contributed by atoms with Crippen LogP contribution in [0.15, 0.2) is 0 Å². The Labute approximate surface area is 98.4 Å². The molecular weight excluding hydrogens is 204 g/mol. The highest BCUT2D eigenvalue weighted by molar-refractivity contribution is 7.80. The molecule has 0 aromatic carbocycles. The van der Waals surface area contributed by atoms with Gasteiger partial charge in [0.2, 0.25) is 0 Å². The summed E-state index contributed by atoms with van der Waals surface area (Å²) >= 11 is 5.48. The average Bonchev–Trinajstić information content (AvgIpc) is 2.70. The SMILES string of the molecule is C[C@@H]1CCCN(C(=S)NC2CCCC2)C1. The van der Waals surface area contributed by atoms with Crippen molar-refractivity contribution in [1.82, 2.24) is 10.2 Å². The van der Waals surface area contributed by atoms with Crippen molar-refractivity contribution in [2.45, 2.75) is 51.5 Å². The first-order valence-corrected chi connectivity index (χ1v) is 6.72. The van der Waals surface area contributed by atoms with Gasteiger partial charge in [0.25, 0.3) is 0 Å². The highest BCUT2D eigenvalue weighted by atomic mass is 32.1. The van der Waals surface area contributed by atoms with E-state index in [1.54, 1.807) is 0 Å². The van der Waals surface area contributed by atoms with E-state index in [0.717, 1.165) is 24.1 Å². The summed E-state index contributed by atoms with van der Waals surface area (Å²) in [4.78, 5) is 2.36. The lowest BCUT2D eigenvalue weighted by Crippen LogP contribution is -2.47. The first-order chi connectivity index (χ1) is 7.25. The zero-order valence-corrected chi connectivity index (χ0v) is 10.5. The van der Waals surface area contributed by atoms with Crippen LogP contribution in [0.3, 0.4) is 0 Å². The van der Waals surface area contributed by atoms with Crippen LogP contribution in [0.4, 0.5) is 0 Å². The smallest absolute Gasteiger partial charge is 0.169 e. The average molecular weight is 226 g/mol. The summed E-state index contributed by atoms with van der Waals surface area (Å²) in [6.07, 6.45) is 8.02. The molecule has 2 fully saturated rings. The van der Waals surface area contributed by atoms with Gasteiger partial charge in [0.05, 0.1) is 0 Å². The molecule has 0 unspecified atom stereocenters. The van der Waals surface area contributed by atoms with E-state index in [0.29, 0.717) is 6.04 Å². The molecule has 1 aliphatic carbocycles. The molecular formula is C12H22N2S. The lowest BCUT2D eigenvalue weighted by Gasteiger charge is -2.34. The van der Waals surface area contributed by atoms with E-state index in [4.69, 9.17) is 12.2 Å². The molecule has 1 aliphatic heterocycles. The fourth-order valence-electron chi connectivity index (χ4n) is 2.71. The van der Waals surface area contributed by atoms with Gasteiger partial charge in [-0.25, -0.2) is 0 Å². The molecule has 2 aliphatic rings. The Bertz CT molecular complexity index is 224. The predicted molar refractivity (Wildman–Crippen MR) is 68.0 cm³/mol. The van der Waals surface area contributed by atoms with Crippen molar-refractivity contribution < 1.29 is 0 Å². The predicted octanol–water partition coefficient (Wildman–Crippen LogP) is 2.54. The van der Waals surface area contributed by atoms with Gasteiger partial charge in [0.1, 0.15) is 0 Å². The molecule has 0 bridgehead atoms. The molecule has 1 heterocycles. The Balaban J connectivity index is 1.78. The van der Waals surface area contributed by atoms with Crippen molar-refractivity contribution in [2.75, 3.05) is 13.1 Å². The molecule has 1 saturated heterocycles. The Kier molecular flexibility index (Phi) is 3.84. The van der Waals surface area contributed by atoms with Crippen LogP contribution in [0, 0.1) is 5.92 Å². The number of hydrogen-bond acceptors (Lipinski definition) is 1. The van der Waals surface area contributed by atoms with Gasteiger partial charge in [-0.15, -0.1) is 0 Å². The molecule has 2 rings (SSSR count). The van der Waals surface area contributed by atoms with Crippen molar-refractivity contribution in [1.29, 1.82) is 0 Å². The standard InChI is InChI=1S/C12H22N2S/c1-10-5-4-8-14(9-10)12(15)13-11-6-2-3-7-11/h10-11H,2-9H2,1H3,(H,13,15)/t10-/m1/s1. The molecule has 0 spiro atoms.